The normalized spacial score (nSPS) is 16.7. The Morgan fingerprint density at radius 3 is 2.78 bits per heavy atom. The predicted octanol–water partition coefficient (Wildman–Crippen LogP) is 4.85. The molecule has 32 heavy (non-hydrogen) atoms. The van der Waals surface area contributed by atoms with E-state index >= 15 is 0 Å². The van der Waals surface area contributed by atoms with Gasteiger partial charge in [0.1, 0.15) is 17.7 Å². The first-order chi connectivity index (χ1) is 15.6. The number of aromatic nitrogens is 1. The second kappa shape index (κ2) is 9.56. The maximum Gasteiger partial charge on any atom is 0.167 e. The summed E-state index contributed by atoms with van der Waals surface area (Å²) in [6.45, 7) is 6.26. The fourth-order valence-electron chi connectivity index (χ4n) is 3.67. The van der Waals surface area contributed by atoms with Crippen molar-refractivity contribution >= 4 is 22.3 Å². The van der Waals surface area contributed by atoms with Crippen LogP contribution in [0.1, 0.15) is 18.9 Å². The molecule has 164 valence electrons. The number of likely N-dealkylation sites (N-methyl/N-ethyl adjacent to an activating group) is 1. The van der Waals surface area contributed by atoms with E-state index in [2.05, 4.69) is 52.1 Å². The van der Waals surface area contributed by atoms with E-state index in [1.807, 2.05) is 55.6 Å². The zero-order valence-corrected chi connectivity index (χ0v) is 18.7. The van der Waals surface area contributed by atoms with Crippen LogP contribution in [0.4, 0.5) is 0 Å². The second-order valence-corrected chi connectivity index (χ2v) is 7.61. The van der Waals surface area contributed by atoms with E-state index in [0.717, 1.165) is 45.8 Å². The Morgan fingerprint density at radius 1 is 1.22 bits per heavy atom. The van der Waals surface area contributed by atoms with Crippen molar-refractivity contribution in [2.24, 2.45) is 5.10 Å². The van der Waals surface area contributed by atoms with Crippen molar-refractivity contribution < 1.29 is 9.47 Å². The highest BCUT2D eigenvalue weighted by atomic mass is 16.5. The van der Waals surface area contributed by atoms with Crippen molar-refractivity contribution in [1.82, 2.24) is 15.3 Å². The second-order valence-electron chi connectivity index (χ2n) is 7.61. The zero-order chi connectivity index (χ0) is 22.5. The van der Waals surface area contributed by atoms with Crippen LogP contribution < -0.4 is 14.9 Å². The first kappa shape index (κ1) is 21.4. The predicted molar refractivity (Wildman–Crippen MR) is 130 cm³/mol. The molecule has 6 nitrogen and oxygen atoms in total. The number of amidine groups is 1. The van der Waals surface area contributed by atoms with Crippen LogP contribution in [0.3, 0.4) is 0 Å². The molecule has 0 spiro atoms. The molecule has 4 rings (SSSR count). The minimum Gasteiger partial charge on any atom is -0.497 e. The third-order valence-electron chi connectivity index (χ3n) is 5.55. The van der Waals surface area contributed by atoms with E-state index in [9.17, 15) is 0 Å². The fraction of sp³-hybridized carbons (Fsp3) is 0.231. The van der Waals surface area contributed by atoms with Crippen LogP contribution in [-0.4, -0.2) is 42.1 Å². The Morgan fingerprint density at radius 2 is 2.03 bits per heavy atom. The molecular weight excluding hydrogens is 400 g/mol. The quantitative estimate of drug-likeness (QED) is 0.520. The molecule has 0 radical (unpaired) electrons. The van der Waals surface area contributed by atoms with E-state index in [0.29, 0.717) is 0 Å². The van der Waals surface area contributed by atoms with Crippen LogP contribution in [0.2, 0.25) is 0 Å². The lowest BCUT2D eigenvalue weighted by atomic mass is 10.1. The van der Waals surface area contributed by atoms with Crippen molar-refractivity contribution in [3.63, 3.8) is 0 Å². The molecule has 0 aliphatic carbocycles. The van der Waals surface area contributed by atoms with Gasteiger partial charge in [0.15, 0.2) is 11.9 Å². The molecule has 0 saturated heterocycles. The number of hydrogen-bond acceptors (Lipinski definition) is 6. The third kappa shape index (κ3) is 4.44. The SMILES string of the molecule is C=C(/C=C\C1NN=C(C(CC)Oc2ccnc3cc(OC)ccc23)N1C)c1ccccc1. The minimum atomic E-state index is -0.198. The van der Waals surface area contributed by atoms with Crippen LogP contribution in [0.15, 0.2) is 84.6 Å². The average Bonchev–Trinajstić information content (AvgIpc) is 3.21. The van der Waals surface area contributed by atoms with Gasteiger partial charge in [-0.2, -0.15) is 5.10 Å². The largest absolute Gasteiger partial charge is 0.497 e. The number of benzene rings is 2. The molecular formula is C26H28N4O2. The van der Waals surface area contributed by atoms with Crippen molar-refractivity contribution in [3.8, 4) is 11.5 Å². The molecule has 1 aliphatic rings. The highest BCUT2D eigenvalue weighted by Gasteiger charge is 2.29. The number of ether oxygens (including phenoxy) is 2. The van der Waals surface area contributed by atoms with Gasteiger partial charge in [0.2, 0.25) is 0 Å². The van der Waals surface area contributed by atoms with Gasteiger partial charge in [0.05, 0.1) is 12.6 Å². The van der Waals surface area contributed by atoms with Crippen LogP contribution in [-0.2, 0) is 0 Å². The number of rotatable bonds is 8. The number of nitrogens with zero attached hydrogens (tertiary/aromatic N) is 3. The lowest BCUT2D eigenvalue weighted by molar-refractivity contribution is 0.246. The van der Waals surface area contributed by atoms with Gasteiger partial charge in [-0.1, -0.05) is 49.9 Å². The Kier molecular flexibility index (Phi) is 6.40. The van der Waals surface area contributed by atoms with Crippen LogP contribution in [0.5, 0.6) is 11.5 Å². The van der Waals surface area contributed by atoms with Gasteiger partial charge in [0, 0.05) is 24.7 Å². The smallest absolute Gasteiger partial charge is 0.167 e. The summed E-state index contributed by atoms with van der Waals surface area (Å²) in [5.74, 6) is 2.40. The van der Waals surface area contributed by atoms with E-state index in [1.165, 1.54) is 0 Å². The maximum absolute atomic E-state index is 6.41. The van der Waals surface area contributed by atoms with Crippen molar-refractivity contribution in [1.29, 1.82) is 0 Å². The Labute approximate surface area is 188 Å². The number of hydrazone groups is 1. The Hall–Kier alpha value is -3.80. The van der Waals surface area contributed by atoms with E-state index in [-0.39, 0.29) is 12.3 Å². The first-order valence-corrected chi connectivity index (χ1v) is 10.7. The van der Waals surface area contributed by atoms with Crippen molar-refractivity contribution in [2.45, 2.75) is 25.6 Å². The highest BCUT2D eigenvalue weighted by molar-refractivity contribution is 5.90. The summed E-state index contributed by atoms with van der Waals surface area (Å²) < 4.78 is 11.7. The summed E-state index contributed by atoms with van der Waals surface area (Å²) in [7, 11) is 3.66. The number of fused-ring (bicyclic) bond motifs is 1. The molecule has 6 heteroatoms. The molecule has 0 amide bonds. The molecule has 2 atom stereocenters. The standard InChI is InChI=1S/C26H28N4O2/c1-5-23(32-24-15-16-27-22-17-20(31-4)12-13-21(22)24)26-29-28-25(30(26)3)14-11-18(2)19-9-7-6-8-10-19/h6-17,23,25,28H,2,5H2,1,3-4H3/b14-11-. The third-order valence-corrected chi connectivity index (χ3v) is 5.55. The van der Waals surface area contributed by atoms with Gasteiger partial charge in [-0.15, -0.1) is 0 Å². The van der Waals surface area contributed by atoms with Crippen molar-refractivity contribution in [2.75, 3.05) is 14.2 Å². The summed E-state index contributed by atoms with van der Waals surface area (Å²) in [5.41, 5.74) is 6.08. The van der Waals surface area contributed by atoms with Crippen molar-refractivity contribution in [3.05, 3.63) is 85.1 Å². The van der Waals surface area contributed by atoms with Gasteiger partial charge < -0.3 is 14.4 Å². The molecule has 0 fully saturated rings. The molecule has 0 bridgehead atoms. The molecule has 0 saturated carbocycles. The number of methoxy groups -OCH3 is 1. The molecule has 2 unspecified atom stereocenters. The highest BCUT2D eigenvalue weighted by Crippen LogP contribution is 2.29. The van der Waals surface area contributed by atoms with Gasteiger partial charge in [0.25, 0.3) is 0 Å². The first-order valence-electron chi connectivity index (χ1n) is 10.7. The monoisotopic (exact) mass is 428 g/mol. The average molecular weight is 429 g/mol. The number of hydrogen-bond donors (Lipinski definition) is 1. The Balaban J connectivity index is 1.48. The maximum atomic E-state index is 6.41. The molecule has 1 aliphatic heterocycles. The van der Waals surface area contributed by atoms with Gasteiger partial charge in [-0.3, -0.25) is 10.4 Å². The minimum absolute atomic E-state index is 0.0680. The van der Waals surface area contributed by atoms with Crippen LogP contribution in [0.25, 0.3) is 16.5 Å². The van der Waals surface area contributed by atoms with E-state index in [4.69, 9.17) is 9.47 Å². The van der Waals surface area contributed by atoms with Crippen LogP contribution >= 0.6 is 0 Å². The summed E-state index contributed by atoms with van der Waals surface area (Å²) in [5, 5.41) is 5.52. The lowest BCUT2D eigenvalue weighted by Crippen LogP contribution is -2.42. The molecule has 1 aromatic heterocycles. The molecule has 2 heterocycles. The van der Waals surface area contributed by atoms with E-state index in [1.54, 1.807) is 13.3 Å². The molecule has 1 N–H and O–H groups in total. The van der Waals surface area contributed by atoms with Crippen LogP contribution in [0, 0.1) is 0 Å². The number of pyridine rings is 1. The number of allylic oxidation sites excluding steroid dienone is 2. The topological polar surface area (TPSA) is 59.0 Å². The molecule has 3 aromatic rings. The fourth-order valence-corrected chi connectivity index (χ4v) is 3.67. The van der Waals surface area contributed by atoms with E-state index < -0.39 is 0 Å². The summed E-state index contributed by atoms with van der Waals surface area (Å²) in [6, 6.07) is 17.8. The summed E-state index contributed by atoms with van der Waals surface area (Å²) >= 11 is 0. The van der Waals surface area contributed by atoms with Gasteiger partial charge in [-0.25, -0.2) is 0 Å². The van der Waals surface area contributed by atoms with Gasteiger partial charge >= 0.3 is 0 Å². The zero-order valence-electron chi connectivity index (χ0n) is 18.7. The van der Waals surface area contributed by atoms with Gasteiger partial charge in [-0.05, 0) is 41.8 Å². The molecule has 2 aromatic carbocycles. The number of nitrogens with one attached hydrogen (secondary N) is 1. The summed E-state index contributed by atoms with van der Waals surface area (Å²) in [4.78, 5) is 6.54. The summed E-state index contributed by atoms with van der Waals surface area (Å²) in [6.07, 6.45) is 6.35. The Bertz CT molecular complexity index is 1160. The lowest BCUT2D eigenvalue weighted by Gasteiger charge is -2.25.